The topological polar surface area (TPSA) is 3.24 Å². The summed E-state index contributed by atoms with van der Waals surface area (Å²) in [6.45, 7) is 0. The zero-order valence-corrected chi connectivity index (χ0v) is 23.0. The smallest absolute Gasteiger partial charge is 0.0461 e. The molecule has 0 bridgehead atoms. The molecule has 0 fully saturated rings. The maximum atomic E-state index is 2.25. The van der Waals surface area contributed by atoms with E-state index < -0.39 is 0 Å². The second kappa shape index (κ2) is 14.7. The van der Waals surface area contributed by atoms with Crippen LogP contribution >= 0.6 is 0 Å². The number of benzene rings is 6. The molecule has 0 radical (unpaired) electrons. The monoisotopic (exact) mass is 527 g/mol. The summed E-state index contributed by atoms with van der Waals surface area (Å²) in [5, 5.41) is 0. The van der Waals surface area contributed by atoms with Crippen LogP contribution in [0.2, 0.25) is 0 Å². The first kappa shape index (κ1) is 27.2. The minimum Gasteiger partial charge on any atom is -0.311 e. The van der Waals surface area contributed by atoms with Crippen LogP contribution < -0.4 is 4.90 Å². The average Bonchev–Trinajstić information content (AvgIpc) is 3.06. The fourth-order valence-electron chi connectivity index (χ4n) is 4.49. The summed E-state index contributed by atoms with van der Waals surface area (Å²) in [5.41, 5.74) is 8.37. The van der Waals surface area contributed by atoms with Crippen LogP contribution in [-0.2, 0) is 0 Å². The number of hydrogen-bond acceptors (Lipinski definition) is 1. The molecule has 6 aromatic rings. The number of hydrogen-bond donors (Lipinski definition) is 0. The van der Waals surface area contributed by atoms with Gasteiger partial charge in [-0.05, 0) is 58.7 Å². The van der Waals surface area contributed by atoms with E-state index in [0.29, 0.717) is 0 Å². The average molecular weight is 528 g/mol. The molecule has 0 aliphatic heterocycles. The maximum absolute atomic E-state index is 2.25. The van der Waals surface area contributed by atoms with E-state index in [9.17, 15) is 0 Å². The van der Waals surface area contributed by atoms with Crippen LogP contribution in [-0.4, -0.2) is 0 Å². The van der Waals surface area contributed by atoms with E-state index in [1.165, 1.54) is 39.3 Å². The highest BCUT2D eigenvalue weighted by Crippen LogP contribution is 2.33. The molecule has 0 atom stereocenters. The third-order valence-corrected chi connectivity index (χ3v) is 6.55. The molecule has 198 valence electrons. The van der Waals surface area contributed by atoms with E-state index in [1.807, 2.05) is 30.3 Å². The van der Waals surface area contributed by atoms with Crippen molar-refractivity contribution in [3.63, 3.8) is 0 Å². The lowest BCUT2D eigenvalue weighted by Gasteiger charge is -2.25. The van der Waals surface area contributed by atoms with Crippen molar-refractivity contribution in [1.29, 1.82) is 0 Å². The zero-order valence-electron chi connectivity index (χ0n) is 23.0. The van der Waals surface area contributed by atoms with Gasteiger partial charge in [0, 0.05) is 17.1 Å². The predicted molar refractivity (Wildman–Crippen MR) is 178 cm³/mol. The molecule has 0 saturated carbocycles. The molecular formula is C40H33N. The van der Waals surface area contributed by atoms with Crippen molar-refractivity contribution in [2.75, 3.05) is 4.90 Å². The number of para-hydroxylation sites is 3. The molecule has 6 rings (SSSR count). The summed E-state index contributed by atoms with van der Waals surface area (Å²) < 4.78 is 0. The first-order valence-electron chi connectivity index (χ1n) is 13.9. The Bertz CT molecular complexity index is 1480. The Hall–Kier alpha value is -5.40. The van der Waals surface area contributed by atoms with E-state index in [2.05, 4.69) is 175 Å². The van der Waals surface area contributed by atoms with E-state index in [-0.39, 0.29) is 0 Å². The molecule has 1 nitrogen and oxygen atoms in total. The highest BCUT2D eigenvalue weighted by molar-refractivity contribution is 5.79. The highest BCUT2D eigenvalue weighted by Gasteiger charge is 2.10. The van der Waals surface area contributed by atoms with Gasteiger partial charge >= 0.3 is 0 Å². The summed E-state index contributed by atoms with van der Waals surface area (Å²) in [4.78, 5) is 2.25. The predicted octanol–water partition coefficient (Wildman–Crippen LogP) is 11.2. The van der Waals surface area contributed by atoms with Crippen molar-refractivity contribution in [3.05, 3.63) is 198 Å². The van der Waals surface area contributed by atoms with Gasteiger partial charge in [0.25, 0.3) is 0 Å². The SMILES string of the molecule is C(=C\c1ccccc1/C=C/c1ccccc1)/c1ccccc1.c1ccc(N(c2ccccc2)c2ccccc2)cc1. The Morgan fingerprint density at radius 1 is 0.268 bits per heavy atom. The quantitative estimate of drug-likeness (QED) is 0.187. The standard InChI is InChI=1S/C22H18.C18H15N/c1-3-9-19(10-4-1)15-17-21-13-7-8-14-22(21)18-16-20-11-5-2-6-12-20;1-4-10-16(11-5-1)19(17-12-6-2-7-13-17)18-14-8-3-9-15-18/h1-18H;1-15H/b17-15+,18-16+;. The summed E-state index contributed by atoms with van der Waals surface area (Å²) in [7, 11) is 0. The molecule has 6 aromatic carbocycles. The lowest BCUT2D eigenvalue weighted by Crippen LogP contribution is -2.09. The second-order valence-electron chi connectivity index (χ2n) is 9.46. The molecule has 0 N–H and O–H groups in total. The van der Waals surface area contributed by atoms with Gasteiger partial charge in [-0.15, -0.1) is 0 Å². The van der Waals surface area contributed by atoms with E-state index in [1.54, 1.807) is 0 Å². The normalized spacial score (nSPS) is 10.7. The minimum absolute atomic E-state index is 1.17. The fraction of sp³-hybridized carbons (Fsp3) is 0. The van der Waals surface area contributed by atoms with E-state index >= 15 is 0 Å². The molecule has 1 heteroatoms. The van der Waals surface area contributed by atoms with Gasteiger partial charge in [0.2, 0.25) is 0 Å². The van der Waals surface area contributed by atoms with Gasteiger partial charge in [0.15, 0.2) is 0 Å². The lowest BCUT2D eigenvalue weighted by molar-refractivity contribution is 1.28. The molecule has 0 spiro atoms. The molecule has 0 aliphatic rings. The van der Waals surface area contributed by atoms with Gasteiger partial charge in [0.1, 0.15) is 0 Å². The van der Waals surface area contributed by atoms with E-state index in [0.717, 1.165) is 0 Å². The first-order chi connectivity index (χ1) is 20.4. The third-order valence-electron chi connectivity index (χ3n) is 6.55. The lowest BCUT2D eigenvalue weighted by atomic mass is 10.0. The summed E-state index contributed by atoms with van der Waals surface area (Å²) in [5.74, 6) is 0. The molecule has 0 heterocycles. The largest absolute Gasteiger partial charge is 0.311 e. The van der Waals surface area contributed by atoms with E-state index in [4.69, 9.17) is 0 Å². The van der Waals surface area contributed by atoms with Crippen LogP contribution in [0.5, 0.6) is 0 Å². The van der Waals surface area contributed by atoms with Crippen LogP contribution in [0.15, 0.2) is 176 Å². The van der Waals surface area contributed by atoms with Crippen LogP contribution in [0.25, 0.3) is 24.3 Å². The maximum Gasteiger partial charge on any atom is 0.0461 e. The first-order valence-corrected chi connectivity index (χ1v) is 13.9. The Labute approximate surface area is 244 Å². The summed E-state index contributed by atoms with van der Waals surface area (Å²) >= 11 is 0. The molecule has 0 unspecified atom stereocenters. The Morgan fingerprint density at radius 3 is 0.854 bits per heavy atom. The molecule has 0 amide bonds. The van der Waals surface area contributed by atoms with Crippen molar-refractivity contribution in [2.24, 2.45) is 0 Å². The Balaban J connectivity index is 0.000000166. The molecular weight excluding hydrogens is 494 g/mol. The zero-order chi connectivity index (χ0) is 28.0. The van der Waals surface area contributed by atoms with Crippen molar-refractivity contribution in [2.45, 2.75) is 0 Å². The number of nitrogens with zero attached hydrogens (tertiary/aromatic N) is 1. The van der Waals surface area contributed by atoms with Crippen LogP contribution in [0.1, 0.15) is 22.3 Å². The Morgan fingerprint density at radius 2 is 0.537 bits per heavy atom. The van der Waals surface area contributed by atoms with Gasteiger partial charge in [-0.3, -0.25) is 0 Å². The number of anilines is 3. The minimum atomic E-state index is 1.17. The van der Waals surface area contributed by atoms with Crippen molar-refractivity contribution < 1.29 is 0 Å². The van der Waals surface area contributed by atoms with Crippen LogP contribution in [0.4, 0.5) is 17.1 Å². The van der Waals surface area contributed by atoms with Gasteiger partial charge in [-0.2, -0.15) is 0 Å². The van der Waals surface area contributed by atoms with Gasteiger partial charge in [-0.1, -0.05) is 164 Å². The fourth-order valence-corrected chi connectivity index (χ4v) is 4.49. The van der Waals surface area contributed by atoms with Crippen molar-refractivity contribution in [3.8, 4) is 0 Å². The summed E-state index contributed by atoms with van der Waals surface area (Å²) in [6, 6.07) is 60.4. The van der Waals surface area contributed by atoms with Gasteiger partial charge in [0.05, 0.1) is 0 Å². The molecule has 41 heavy (non-hydrogen) atoms. The van der Waals surface area contributed by atoms with Gasteiger partial charge in [-0.25, -0.2) is 0 Å². The second-order valence-corrected chi connectivity index (χ2v) is 9.46. The Kier molecular flexibility index (Phi) is 9.72. The molecule has 0 saturated heterocycles. The van der Waals surface area contributed by atoms with Crippen molar-refractivity contribution >= 4 is 41.4 Å². The van der Waals surface area contributed by atoms with Crippen molar-refractivity contribution in [1.82, 2.24) is 0 Å². The molecule has 0 aromatic heterocycles. The molecule has 0 aliphatic carbocycles. The van der Waals surface area contributed by atoms with Crippen LogP contribution in [0.3, 0.4) is 0 Å². The van der Waals surface area contributed by atoms with Gasteiger partial charge < -0.3 is 4.90 Å². The summed E-state index contributed by atoms with van der Waals surface area (Å²) in [6.07, 6.45) is 8.63. The highest BCUT2D eigenvalue weighted by atomic mass is 15.1. The van der Waals surface area contributed by atoms with Crippen LogP contribution in [0, 0.1) is 0 Å². The number of rotatable bonds is 7. The third kappa shape index (κ3) is 8.05.